The second-order valence-corrected chi connectivity index (χ2v) is 5.51. The summed E-state index contributed by atoms with van der Waals surface area (Å²) < 4.78 is 0. The molecule has 0 spiro atoms. The van der Waals surface area contributed by atoms with Gasteiger partial charge < -0.3 is 16.0 Å². The van der Waals surface area contributed by atoms with Crippen LogP contribution in [0.15, 0.2) is 0 Å². The summed E-state index contributed by atoms with van der Waals surface area (Å²) in [5.74, 6) is 1.09. The van der Waals surface area contributed by atoms with Crippen LogP contribution in [0.2, 0.25) is 0 Å². The first-order valence-corrected chi connectivity index (χ1v) is 7.03. The highest BCUT2D eigenvalue weighted by Crippen LogP contribution is 2.33. The number of hydrogen-bond acceptors (Lipinski definition) is 3. The molecule has 0 aromatic rings. The summed E-state index contributed by atoms with van der Waals surface area (Å²) in [5.41, 5.74) is 5.88. The Hall–Kier alpha value is -0.120. The van der Waals surface area contributed by atoms with Crippen LogP contribution in [0, 0.1) is 5.92 Å². The third kappa shape index (κ3) is 4.81. The zero-order valence-electron chi connectivity index (χ0n) is 10.5. The Labute approximate surface area is 99.8 Å². The second kappa shape index (κ2) is 6.58. The number of nitrogens with two attached hydrogens (primary N) is 1. The van der Waals surface area contributed by atoms with Gasteiger partial charge in [-0.2, -0.15) is 0 Å². The van der Waals surface area contributed by atoms with Gasteiger partial charge in [0.05, 0.1) is 0 Å². The highest BCUT2D eigenvalue weighted by Gasteiger charge is 2.20. The van der Waals surface area contributed by atoms with E-state index in [1.807, 2.05) is 0 Å². The van der Waals surface area contributed by atoms with Gasteiger partial charge in [-0.3, -0.25) is 0 Å². The van der Waals surface area contributed by atoms with E-state index in [0.29, 0.717) is 6.04 Å². The number of rotatable bonds is 7. The first-order valence-electron chi connectivity index (χ1n) is 7.03. The van der Waals surface area contributed by atoms with Gasteiger partial charge in [0.1, 0.15) is 0 Å². The average Bonchev–Trinajstić information content (AvgIpc) is 3.10. The van der Waals surface area contributed by atoms with Crippen LogP contribution in [0.25, 0.3) is 0 Å². The van der Waals surface area contributed by atoms with Crippen LogP contribution >= 0.6 is 0 Å². The number of nitrogens with one attached hydrogen (secondary N) is 1. The van der Waals surface area contributed by atoms with Crippen molar-refractivity contribution < 1.29 is 0 Å². The molecule has 1 aliphatic heterocycles. The summed E-state index contributed by atoms with van der Waals surface area (Å²) in [6.45, 7) is 5.97. The molecular formula is C13H27N3. The van der Waals surface area contributed by atoms with Gasteiger partial charge in [-0.25, -0.2) is 0 Å². The molecule has 3 heteroatoms. The summed E-state index contributed by atoms with van der Waals surface area (Å²) in [4.78, 5) is 2.54. The van der Waals surface area contributed by atoms with E-state index in [1.54, 1.807) is 0 Å². The molecule has 0 aromatic heterocycles. The molecule has 0 amide bonds. The lowest BCUT2D eigenvalue weighted by Gasteiger charge is -2.30. The Morgan fingerprint density at radius 3 is 2.50 bits per heavy atom. The van der Waals surface area contributed by atoms with Gasteiger partial charge in [0.25, 0.3) is 0 Å². The quantitative estimate of drug-likeness (QED) is 0.640. The summed E-state index contributed by atoms with van der Waals surface area (Å²) in [6, 6.07) is 0.461. The topological polar surface area (TPSA) is 41.3 Å². The molecule has 2 rings (SSSR count). The van der Waals surface area contributed by atoms with Gasteiger partial charge in [-0.15, -0.1) is 0 Å². The first-order chi connectivity index (χ1) is 7.84. The Balaban J connectivity index is 1.39. The smallest absolute Gasteiger partial charge is 0.0107 e. The van der Waals surface area contributed by atoms with Gasteiger partial charge in [0.15, 0.2) is 0 Å². The molecule has 0 radical (unpaired) electrons. The third-order valence-corrected chi connectivity index (χ3v) is 3.90. The predicted octanol–water partition coefficient (Wildman–Crippen LogP) is 1.19. The summed E-state index contributed by atoms with van der Waals surface area (Å²) >= 11 is 0. The molecular weight excluding hydrogens is 198 g/mol. The van der Waals surface area contributed by atoms with Crippen LogP contribution in [0.3, 0.4) is 0 Å². The Kier molecular flexibility index (Phi) is 5.07. The molecule has 0 bridgehead atoms. The molecule has 0 aromatic carbocycles. The molecule has 0 unspecified atom stereocenters. The van der Waals surface area contributed by atoms with Crippen molar-refractivity contribution in [1.29, 1.82) is 0 Å². The second-order valence-electron chi connectivity index (χ2n) is 5.51. The lowest BCUT2D eigenvalue weighted by molar-refractivity contribution is 0.213. The maximum absolute atomic E-state index is 5.88. The zero-order valence-corrected chi connectivity index (χ0v) is 10.5. The van der Waals surface area contributed by atoms with E-state index in [2.05, 4.69) is 10.2 Å². The maximum Gasteiger partial charge on any atom is 0.0107 e. The first kappa shape index (κ1) is 12.3. The van der Waals surface area contributed by atoms with Crippen LogP contribution in [0.4, 0.5) is 0 Å². The lowest BCUT2D eigenvalue weighted by atomic mass is 10.1. The number of piperidine rings is 1. The van der Waals surface area contributed by atoms with Crippen molar-refractivity contribution in [2.75, 3.05) is 32.7 Å². The minimum atomic E-state index is 0.461. The van der Waals surface area contributed by atoms with Gasteiger partial charge >= 0.3 is 0 Å². The molecule has 1 saturated heterocycles. The lowest BCUT2D eigenvalue weighted by Crippen LogP contribution is -2.42. The van der Waals surface area contributed by atoms with Crippen molar-refractivity contribution in [2.24, 2.45) is 11.7 Å². The zero-order chi connectivity index (χ0) is 11.2. The van der Waals surface area contributed by atoms with E-state index in [4.69, 9.17) is 5.73 Å². The molecule has 2 aliphatic rings. The molecule has 1 aliphatic carbocycles. The minimum absolute atomic E-state index is 0.461. The maximum atomic E-state index is 5.88. The normalized spacial score (nSPS) is 23.8. The van der Waals surface area contributed by atoms with E-state index in [9.17, 15) is 0 Å². The van der Waals surface area contributed by atoms with Crippen molar-refractivity contribution in [2.45, 2.75) is 44.6 Å². The van der Waals surface area contributed by atoms with E-state index < -0.39 is 0 Å². The third-order valence-electron chi connectivity index (χ3n) is 3.90. The molecule has 16 heavy (non-hydrogen) atoms. The molecule has 3 nitrogen and oxygen atoms in total. The fraction of sp³-hybridized carbons (Fsp3) is 1.00. The molecule has 0 atom stereocenters. The van der Waals surface area contributed by atoms with E-state index in [0.717, 1.165) is 12.5 Å². The van der Waals surface area contributed by atoms with Gasteiger partial charge in [-0.05, 0) is 51.2 Å². The number of nitrogens with zero attached hydrogens (tertiary/aromatic N) is 1. The van der Waals surface area contributed by atoms with Crippen molar-refractivity contribution in [3.8, 4) is 0 Å². The van der Waals surface area contributed by atoms with Gasteiger partial charge in [-0.1, -0.05) is 12.8 Å². The number of hydrogen-bond donors (Lipinski definition) is 2. The molecule has 2 fully saturated rings. The monoisotopic (exact) mass is 225 g/mol. The summed E-state index contributed by atoms with van der Waals surface area (Å²) in [7, 11) is 0. The molecule has 1 heterocycles. The highest BCUT2D eigenvalue weighted by molar-refractivity contribution is 4.75. The fourth-order valence-electron chi connectivity index (χ4n) is 2.46. The average molecular weight is 225 g/mol. The van der Waals surface area contributed by atoms with Crippen LogP contribution in [-0.4, -0.2) is 43.7 Å². The van der Waals surface area contributed by atoms with Crippen LogP contribution in [0.5, 0.6) is 0 Å². The van der Waals surface area contributed by atoms with Crippen molar-refractivity contribution >= 4 is 0 Å². The van der Waals surface area contributed by atoms with Crippen molar-refractivity contribution in [1.82, 2.24) is 10.2 Å². The van der Waals surface area contributed by atoms with Crippen LogP contribution in [-0.2, 0) is 0 Å². The van der Waals surface area contributed by atoms with Crippen molar-refractivity contribution in [3.63, 3.8) is 0 Å². The molecule has 94 valence electrons. The largest absolute Gasteiger partial charge is 0.328 e. The fourth-order valence-corrected chi connectivity index (χ4v) is 2.46. The Bertz CT molecular complexity index is 184. The Morgan fingerprint density at radius 1 is 1.06 bits per heavy atom. The van der Waals surface area contributed by atoms with Crippen molar-refractivity contribution in [3.05, 3.63) is 0 Å². The minimum Gasteiger partial charge on any atom is -0.328 e. The molecule has 1 saturated carbocycles. The van der Waals surface area contributed by atoms with E-state index >= 15 is 0 Å². The Morgan fingerprint density at radius 2 is 1.81 bits per heavy atom. The van der Waals surface area contributed by atoms with Crippen LogP contribution < -0.4 is 11.1 Å². The summed E-state index contributed by atoms with van der Waals surface area (Å²) in [5, 5.41) is 3.55. The number of likely N-dealkylation sites (tertiary alicyclic amines) is 1. The predicted molar refractivity (Wildman–Crippen MR) is 68.5 cm³/mol. The standard InChI is InChI=1S/C13H27N3/c14-13-5-9-16(10-6-13)11-8-15-7-1-2-12-3-4-12/h12-13,15H,1-11,14H2. The molecule has 3 N–H and O–H groups in total. The van der Waals surface area contributed by atoms with Gasteiger partial charge in [0.2, 0.25) is 0 Å². The SMILES string of the molecule is NC1CCN(CCNCCCC2CC2)CC1. The summed E-state index contributed by atoms with van der Waals surface area (Å²) in [6.07, 6.45) is 8.17. The van der Waals surface area contributed by atoms with E-state index in [-0.39, 0.29) is 0 Å². The van der Waals surface area contributed by atoms with Gasteiger partial charge in [0, 0.05) is 19.1 Å². The van der Waals surface area contributed by atoms with Crippen LogP contribution in [0.1, 0.15) is 38.5 Å². The van der Waals surface area contributed by atoms with E-state index in [1.165, 1.54) is 64.7 Å². The highest BCUT2D eigenvalue weighted by atomic mass is 15.1.